The van der Waals surface area contributed by atoms with E-state index in [1.807, 2.05) is 0 Å². The first-order valence-electron chi connectivity index (χ1n) is 3.96. The van der Waals surface area contributed by atoms with Crippen molar-refractivity contribution in [2.75, 3.05) is 16.7 Å². The molecule has 0 fully saturated rings. The number of sulfonamides is 1. The fourth-order valence-corrected chi connectivity index (χ4v) is 1.61. The van der Waals surface area contributed by atoms with Gasteiger partial charge in [-0.25, -0.2) is 8.42 Å². The SMILES string of the molecule is CS(=O)(=O)Nc1cc(N)cc(C(N)=O)c1. The Kier molecular flexibility index (Phi) is 2.85. The van der Waals surface area contributed by atoms with E-state index in [2.05, 4.69) is 4.72 Å². The fraction of sp³-hybridized carbons (Fsp3) is 0.125. The van der Waals surface area contributed by atoms with Crippen molar-refractivity contribution in [1.82, 2.24) is 0 Å². The molecule has 1 amide bonds. The second-order valence-electron chi connectivity index (χ2n) is 3.08. The summed E-state index contributed by atoms with van der Waals surface area (Å²) in [6.45, 7) is 0. The molecule has 0 aromatic heterocycles. The number of nitrogens with two attached hydrogens (primary N) is 2. The van der Waals surface area contributed by atoms with Crippen molar-refractivity contribution in [2.24, 2.45) is 5.73 Å². The molecule has 82 valence electrons. The average Bonchev–Trinajstić information content (AvgIpc) is 1.99. The zero-order valence-corrected chi connectivity index (χ0v) is 8.84. The zero-order valence-electron chi connectivity index (χ0n) is 8.02. The molecule has 0 aliphatic heterocycles. The van der Waals surface area contributed by atoms with E-state index >= 15 is 0 Å². The Labute approximate surface area is 87.3 Å². The minimum Gasteiger partial charge on any atom is -0.399 e. The molecular weight excluding hydrogens is 218 g/mol. The minimum absolute atomic E-state index is 0.154. The Hall–Kier alpha value is -1.76. The summed E-state index contributed by atoms with van der Waals surface area (Å²) >= 11 is 0. The van der Waals surface area contributed by atoms with Gasteiger partial charge >= 0.3 is 0 Å². The highest BCUT2D eigenvalue weighted by Crippen LogP contribution is 2.17. The molecule has 0 saturated carbocycles. The van der Waals surface area contributed by atoms with E-state index in [9.17, 15) is 13.2 Å². The third kappa shape index (κ3) is 3.47. The van der Waals surface area contributed by atoms with Crippen molar-refractivity contribution in [3.05, 3.63) is 23.8 Å². The quantitative estimate of drug-likeness (QED) is 0.619. The van der Waals surface area contributed by atoms with E-state index in [1.165, 1.54) is 18.2 Å². The molecule has 0 spiro atoms. The smallest absolute Gasteiger partial charge is 0.248 e. The molecule has 6 nitrogen and oxygen atoms in total. The highest BCUT2D eigenvalue weighted by molar-refractivity contribution is 7.92. The maximum absolute atomic E-state index is 10.9. The van der Waals surface area contributed by atoms with Gasteiger partial charge in [0, 0.05) is 11.3 Å². The van der Waals surface area contributed by atoms with Gasteiger partial charge in [0.15, 0.2) is 0 Å². The van der Waals surface area contributed by atoms with Crippen LogP contribution in [0.4, 0.5) is 11.4 Å². The lowest BCUT2D eigenvalue weighted by Gasteiger charge is -2.06. The predicted molar refractivity (Wildman–Crippen MR) is 57.8 cm³/mol. The van der Waals surface area contributed by atoms with Crippen LogP contribution in [0, 0.1) is 0 Å². The van der Waals surface area contributed by atoms with Crippen LogP contribution in [0.1, 0.15) is 10.4 Å². The van der Waals surface area contributed by atoms with Crippen molar-refractivity contribution < 1.29 is 13.2 Å². The normalized spacial score (nSPS) is 11.0. The standard InChI is InChI=1S/C8H11N3O3S/c1-15(13,14)11-7-3-5(8(10)12)2-6(9)4-7/h2-4,11H,9H2,1H3,(H2,10,12). The van der Waals surface area contributed by atoms with Crippen LogP contribution in [-0.2, 0) is 10.0 Å². The number of anilines is 2. The van der Waals surface area contributed by atoms with Crippen molar-refractivity contribution in [1.29, 1.82) is 0 Å². The Balaban J connectivity index is 3.15. The van der Waals surface area contributed by atoms with E-state index in [0.29, 0.717) is 0 Å². The Morgan fingerprint density at radius 2 is 1.93 bits per heavy atom. The molecule has 7 heteroatoms. The summed E-state index contributed by atoms with van der Waals surface area (Å²) in [5.74, 6) is -0.668. The van der Waals surface area contributed by atoms with E-state index in [4.69, 9.17) is 11.5 Å². The van der Waals surface area contributed by atoms with Gasteiger partial charge in [0.25, 0.3) is 0 Å². The molecule has 0 aliphatic carbocycles. The number of hydrogen-bond donors (Lipinski definition) is 3. The van der Waals surface area contributed by atoms with Crippen LogP contribution in [0.3, 0.4) is 0 Å². The van der Waals surface area contributed by atoms with Crippen molar-refractivity contribution in [3.63, 3.8) is 0 Å². The topological polar surface area (TPSA) is 115 Å². The van der Waals surface area contributed by atoms with Crippen LogP contribution in [0.5, 0.6) is 0 Å². The van der Waals surface area contributed by atoms with Crippen LogP contribution in [-0.4, -0.2) is 20.6 Å². The fourth-order valence-electron chi connectivity index (χ4n) is 1.07. The minimum atomic E-state index is -3.39. The van der Waals surface area contributed by atoms with Gasteiger partial charge in [-0.1, -0.05) is 0 Å². The summed E-state index contributed by atoms with van der Waals surface area (Å²) in [6, 6.07) is 4.09. The summed E-state index contributed by atoms with van der Waals surface area (Å²) in [5.41, 5.74) is 11.1. The van der Waals surface area contributed by atoms with Crippen molar-refractivity contribution >= 4 is 27.3 Å². The molecule has 0 unspecified atom stereocenters. The van der Waals surface area contributed by atoms with Crippen molar-refractivity contribution in [2.45, 2.75) is 0 Å². The number of nitrogens with one attached hydrogen (secondary N) is 1. The third-order valence-electron chi connectivity index (χ3n) is 1.54. The lowest BCUT2D eigenvalue weighted by atomic mass is 10.2. The molecule has 1 aromatic rings. The Bertz CT molecular complexity index is 496. The van der Waals surface area contributed by atoms with Crippen LogP contribution in [0.25, 0.3) is 0 Å². The Morgan fingerprint density at radius 1 is 1.33 bits per heavy atom. The lowest BCUT2D eigenvalue weighted by Crippen LogP contribution is -2.14. The maximum Gasteiger partial charge on any atom is 0.248 e. The number of carbonyl (C=O) groups excluding carboxylic acids is 1. The molecule has 0 bridgehead atoms. The molecule has 0 radical (unpaired) electrons. The maximum atomic E-state index is 10.9. The van der Waals surface area contributed by atoms with Gasteiger partial charge in [0.1, 0.15) is 0 Å². The average molecular weight is 229 g/mol. The highest BCUT2D eigenvalue weighted by Gasteiger charge is 2.07. The van der Waals surface area contributed by atoms with Gasteiger partial charge < -0.3 is 11.5 Å². The van der Waals surface area contributed by atoms with E-state index in [-0.39, 0.29) is 16.9 Å². The van der Waals surface area contributed by atoms with Crippen molar-refractivity contribution in [3.8, 4) is 0 Å². The van der Waals surface area contributed by atoms with Crippen LogP contribution >= 0.6 is 0 Å². The first-order valence-corrected chi connectivity index (χ1v) is 5.85. The molecule has 5 N–H and O–H groups in total. The molecule has 0 aliphatic rings. The molecule has 0 heterocycles. The zero-order chi connectivity index (χ0) is 11.6. The number of rotatable bonds is 3. The molecule has 0 saturated heterocycles. The first-order chi connectivity index (χ1) is 6.78. The van der Waals surface area contributed by atoms with Gasteiger partial charge in [-0.05, 0) is 18.2 Å². The molecule has 0 atom stereocenters. The number of benzene rings is 1. The highest BCUT2D eigenvalue weighted by atomic mass is 32.2. The molecule has 1 rings (SSSR count). The third-order valence-corrected chi connectivity index (χ3v) is 2.15. The first kappa shape index (κ1) is 11.3. The van der Waals surface area contributed by atoms with Crippen LogP contribution in [0.15, 0.2) is 18.2 Å². The second kappa shape index (κ2) is 3.77. The van der Waals surface area contributed by atoms with E-state index < -0.39 is 15.9 Å². The lowest BCUT2D eigenvalue weighted by molar-refractivity contribution is 0.100. The molecular formula is C8H11N3O3S. The summed E-state index contributed by atoms with van der Waals surface area (Å²) < 4.78 is 24.1. The van der Waals surface area contributed by atoms with Gasteiger partial charge in [0.2, 0.25) is 15.9 Å². The monoisotopic (exact) mass is 229 g/mol. The Morgan fingerprint density at radius 3 is 2.40 bits per heavy atom. The molecule has 1 aromatic carbocycles. The van der Waals surface area contributed by atoms with Gasteiger partial charge in [-0.15, -0.1) is 0 Å². The van der Waals surface area contributed by atoms with Crippen LogP contribution < -0.4 is 16.2 Å². The van der Waals surface area contributed by atoms with Gasteiger partial charge in [-0.3, -0.25) is 9.52 Å². The number of carbonyl (C=O) groups is 1. The van der Waals surface area contributed by atoms with Gasteiger partial charge in [0.05, 0.1) is 11.9 Å². The second-order valence-corrected chi connectivity index (χ2v) is 4.83. The van der Waals surface area contributed by atoms with E-state index in [1.54, 1.807) is 0 Å². The number of amides is 1. The summed E-state index contributed by atoms with van der Waals surface area (Å²) in [4.78, 5) is 10.9. The summed E-state index contributed by atoms with van der Waals surface area (Å²) in [6.07, 6.45) is 1.00. The van der Waals surface area contributed by atoms with E-state index in [0.717, 1.165) is 6.26 Å². The number of nitrogen functional groups attached to an aromatic ring is 1. The number of primary amides is 1. The van der Waals surface area contributed by atoms with Crippen LogP contribution in [0.2, 0.25) is 0 Å². The largest absolute Gasteiger partial charge is 0.399 e. The predicted octanol–water partition coefficient (Wildman–Crippen LogP) is -0.261. The van der Waals surface area contributed by atoms with Gasteiger partial charge in [-0.2, -0.15) is 0 Å². The molecule has 15 heavy (non-hydrogen) atoms. The summed E-state index contributed by atoms with van der Waals surface area (Å²) in [5, 5.41) is 0. The summed E-state index contributed by atoms with van der Waals surface area (Å²) in [7, 11) is -3.39. The number of hydrogen-bond acceptors (Lipinski definition) is 4.